The van der Waals surface area contributed by atoms with Gasteiger partial charge in [-0.3, -0.25) is 9.59 Å². The minimum atomic E-state index is -0.408. The van der Waals surface area contributed by atoms with Crippen molar-refractivity contribution in [3.05, 3.63) is 82.0 Å². The molecule has 0 radical (unpaired) electrons. The number of aromatic amines is 1. The molecule has 144 valence electrons. The zero-order valence-corrected chi connectivity index (χ0v) is 15.7. The first-order valence-corrected chi connectivity index (χ1v) is 8.85. The molecule has 9 heteroatoms. The molecule has 0 aliphatic carbocycles. The van der Waals surface area contributed by atoms with Gasteiger partial charge in [-0.25, -0.2) is 9.78 Å². The van der Waals surface area contributed by atoms with Crippen molar-refractivity contribution in [3.63, 3.8) is 0 Å². The fourth-order valence-electron chi connectivity index (χ4n) is 2.92. The lowest BCUT2D eigenvalue weighted by Gasteiger charge is -2.10. The number of nitrogens with one attached hydrogen (secondary N) is 2. The Balaban J connectivity index is 1.58. The van der Waals surface area contributed by atoms with E-state index in [1.807, 2.05) is 26.0 Å². The van der Waals surface area contributed by atoms with Crippen LogP contribution >= 0.6 is 0 Å². The number of aromatic nitrogens is 6. The topological polar surface area (TPSA) is 118 Å². The number of hydrogen-bond donors (Lipinski definition) is 2. The Morgan fingerprint density at radius 3 is 2.52 bits per heavy atom. The van der Waals surface area contributed by atoms with Crippen molar-refractivity contribution in [2.75, 3.05) is 5.32 Å². The van der Waals surface area contributed by atoms with Crippen molar-refractivity contribution in [1.29, 1.82) is 0 Å². The van der Waals surface area contributed by atoms with E-state index < -0.39 is 5.91 Å². The van der Waals surface area contributed by atoms with E-state index in [2.05, 4.69) is 30.8 Å². The summed E-state index contributed by atoms with van der Waals surface area (Å²) in [6.45, 7) is 3.82. The van der Waals surface area contributed by atoms with Gasteiger partial charge in [0.15, 0.2) is 11.5 Å². The lowest BCUT2D eigenvalue weighted by atomic mass is 10.1. The van der Waals surface area contributed by atoms with E-state index in [9.17, 15) is 9.59 Å². The maximum Gasteiger partial charge on any atom is 0.276 e. The van der Waals surface area contributed by atoms with Gasteiger partial charge in [-0.1, -0.05) is 18.2 Å². The number of amides is 1. The van der Waals surface area contributed by atoms with Crippen LogP contribution in [0.4, 0.5) is 5.69 Å². The van der Waals surface area contributed by atoms with E-state index in [1.54, 1.807) is 41.1 Å². The molecule has 4 rings (SSSR count). The van der Waals surface area contributed by atoms with E-state index in [0.29, 0.717) is 22.8 Å². The molecule has 4 aromatic rings. The molecule has 1 amide bonds. The van der Waals surface area contributed by atoms with Crippen LogP contribution in [0.15, 0.2) is 59.4 Å². The molecular formula is C20H17N7O2. The summed E-state index contributed by atoms with van der Waals surface area (Å²) < 4.78 is 1.67. The first kappa shape index (κ1) is 18.2. The number of rotatable bonds is 4. The molecule has 0 bridgehead atoms. The zero-order chi connectivity index (χ0) is 20.4. The molecule has 29 heavy (non-hydrogen) atoms. The molecule has 9 nitrogen and oxygen atoms in total. The maximum absolute atomic E-state index is 12.7. The molecule has 0 aliphatic heterocycles. The summed E-state index contributed by atoms with van der Waals surface area (Å²) in [6.07, 6.45) is 0. The standard InChI is InChI=1S/C20H17N7O2/c1-12-11-13(2)27(26-12)18-9-7-17(23-24-18)20(29)21-15-6-4-3-5-14(15)16-8-10-19(28)25-22-16/h3-11H,1-2H3,(H,21,29)(H,25,28). The number of aryl methyl sites for hydroxylation is 2. The fourth-order valence-corrected chi connectivity index (χ4v) is 2.92. The predicted molar refractivity (Wildman–Crippen MR) is 107 cm³/mol. The summed E-state index contributed by atoms with van der Waals surface area (Å²) in [5.74, 6) is 0.124. The average Bonchev–Trinajstić information content (AvgIpc) is 3.07. The fraction of sp³-hybridized carbons (Fsp3) is 0.100. The molecule has 1 aromatic carbocycles. The van der Waals surface area contributed by atoms with E-state index in [-0.39, 0.29) is 11.3 Å². The van der Waals surface area contributed by atoms with Gasteiger partial charge in [0.1, 0.15) is 0 Å². The zero-order valence-electron chi connectivity index (χ0n) is 15.7. The summed E-state index contributed by atoms with van der Waals surface area (Å²) in [7, 11) is 0. The SMILES string of the molecule is Cc1cc(C)n(-c2ccc(C(=O)Nc3ccccc3-c3ccc(=O)[nH]n3)nn2)n1. The van der Waals surface area contributed by atoms with Gasteiger partial charge in [-0.15, -0.1) is 10.2 Å². The Morgan fingerprint density at radius 1 is 1.03 bits per heavy atom. The van der Waals surface area contributed by atoms with Gasteiger partial charge in [-0.2, -0.15) is 10.2 Å². The van der Waals surface area contributed by atoms with Crippen LogP contribution in [0.25, 0.3) is 17.1 Å². The summed E-state index contributed by atoms with van der Waals surface area (Å²) in [4.78, 5) is 23.9. The van der Waals surface area contributed by atoms with Gasteiger partial charge in [0.25, 0.3) is 11.5 Å². The largest absolute Gasteiger partial charge is 0.320 e. The van der Waals surface area contributed by atoms with Crippen molar-refractivity contribution in [2.45, 2.75) is 13.8 Å². The second-order valence-electron chi connectivity index (χ2n) is 6.42. The van der Waals surface area contributed by atoms with Crippen LogP contribution in [0.2, 0.25) is 0 Å². The smallest absolute Gasteiger partial charge is 0.276 e. The Morgan fingerprint density at radius 2 is 1.86 bits per heavy atom. The van der Waals surface area contributed by atoms with Gasteiger partial charge in [0.2, 0.25) is 0 Å². The normalized spacial score (nSPS) is 10.7. The minimum Gasteiger partial charge on any atom is -0.320 e. The average molecular weight is 387 g/mol. The molecule has 3 heterocycles. The molecule has 0 aliphatic rings. The third-order valence-corrected chi connectivity index (χ3v) is 4.24. The molecule has 3 aromatic heterocycles. The second kappa shape index (κ2) is 7.47. The molecule has 0 saturated carbocycles. The number of carbonyl (C=O) groups excluding carboxylic acids is 1. The first-order chi connectivity index (χ1) is 14.0. The molecule has 0 spiro atoms. The van der Waals surface area contributed by atoms with Gasteiger partial charge in [-0.05, 0) is 44.2 Å². The minimum absolute atomic E-state index is 0.166. The third kappa shape index (κ3) is 3.79. The number of carbonyl (C=O) groups is 1. The van der Waals surface area contributed by atoms with Crippen molar-refractivity contribution < 1.29 is 4.79 Å². The van der Waals surface area contributed by atoms with Gasteiger partial charge in [0.05, 0.1) is 17.1 Å². The van der Waals surface area contributed by atoms with E-state index >= 15 is 0 Å². The van der Waals surface area contributed by atoms with E-state index in [1.165, 1.54) is 6.07 Å². The summed E-state index contributed by atoms with van der Waals surface area (Å²) in [5.41, 5.74) is 3.42. The second-order valence-corrected chi connectivity index (χ2v) is 6.42. The molecule has 0 unspecified atom stereocenters. The molecule has 0 fully saturated rings. The quantitative estimate of drug-likeness (QED) is 0.555. The highest BCUT2D eigenvalue weighted by atomic mass is 16.2. The number of H-pyrrole nitrogens is 1. The van der Waals surface area contributed by atoms with Gasteiger partial charge < -0.3 is 5.32 Å². The van der Waals surface area contributed by atoms with E-state index in [4.69, 9.17) is 0 Å². The molecule has 2 N–H and O–H groups in total. The van der Waals surface area contributed by atoms with E-state index in [0.717, 1.165) is 11.4 Å². The van der Waals surface area contributed by atoms with Crippen LogP contribution in [0.1, 0.15) is 21.9 Å². The highest BCUT2D eigenvalue weighted by Gasteiger charge is 2.14. The van der Waals surface area contributed by atoms with Crippen molar-refractivity contribution in [2.24, 2.45) is 0 Å². The van der Waals surface area contributed by atoms with Gasteiger partial charge >= 0.3 is 0 Å². The van der Waals surface area contributed by atoms with Crippen molar-refractivity contribution in [1.82, 2.24) is 30.2 Å². The van der Waals surface area contributed by atoms with Crippen LogP contribution in [-0.2, 0) is 0 Å². The monoisotopic (exact) mass is 387 g/mol. The first-order valence-electron chi connectivity index (χ1n) is 8.85. The molecule has 0 atom stereocenters. The van der Waals surface area contributed by atoms with Crippen molar-refractivity contribution in [3.8, 4) is 17.1 Å². The summed E-state index contributed by atoms with van der Waals surface area (Å²) >= 11 is 0. The Kier molecular flexibility index (Phi) is 4.70. The van der Waals surface area contributed by atoms with Crippen LogP contribution in [0.5, 0.6) is 0 Å². The number of nitrogens with zero attached hydrogens (tertiary/aromatic N) is 5. The summed E-state index contributed by atoms with van der Waals surface area (Å²) in [5, 5.41) is 21.7. The van der Waals surface area contributed by atoms with Gasteiger partial charge in [0, 0.05) is 17.3 Å². The third-order valence-electron chi connectivity index (χ3n) is 4.24. The predicted octanol–water partition coefficient (Wildman–Crippen LogP) is 2.28. The van der Waals surface area contributed by atoms with Crippen LogP contribution in [0.3, 0.4) is 0 Å². The highest BCUT2D eigenvalue weighted by Crippen LogP contribution is 2.25. The lowest BCUT2D eigenvalue weighted by molar-refractivity contribution is 0.102. The molecule has 0 saturated heterocycles. The Bertz CT molecular complexity index is 1220. The maximum atomic E-state index is 12.7. The lowest BCUT2D eigenvalue weighted by Crippen LogP contribution is -2.16. The Labute approximate surface area is 165 Å². The van der Waals surface area contributed by atoms with Crippen LogP contribution < -0.4 is 10.9 Å². The molecular weight excluding hydrogens is 370 g/mol. The number of hydrogen-bond acceptors (Lipinski definition) is 6. The Hall–Kier alpha value is -4.14. The van der Waals surface area contributed by atoms with Crippen LogP contribution in [-0.4, -0.2) is 36.1 Å². The number of anilines is 1. The highest BCUT2D eigenvalue weighted by molar-refractivity contribution is 6.04. The van der Waals surface area contributed by atoms with Crippen molar-refractivity contribution >= 4 is 11.6 Å². The number of para-hydroxylation sites is 1. The van der Waals surface area contributed by atoms with Crippen LogP contribution in [0, 0.1) is 13.8 Å². The number of benzene rings is 1. The summed E-state index contributed by atoms with van der Waals surface area (Å²) in [6, 6.07) is 15.3.